The van der Waals surface area contributed by atoms with Crippen LogP contribution in [0.3, 0.4) is 0 Å². The number of benzene rings is 3. The van der Waals surface area contributed by atoms with Crippen LogP contribution in [-0.4, -0.2) is 29.5 Å². The molecule has 0 aromatic heterocycles. The van der Waals surface area contributed by atoms with Crippen LogP contribution in [-0.2, 0) is 11.3 Å². The van der Waals surface area contributed by atoms with Gasteiger partial charge in [0.15, 0.2) is 0 Å². The van der Waals surface area contributed by atoms with Crippen molar-refractivity contribution in [2.45, 2.75) is 32.9 Å². The lowest BCUT2D eigenvalue weighted by Gasteiger charge is -2.25. The predicted octanol–water partition coefficient (Wildman–Crippen LogP) is 5.88. The van der Waals surface area contributed by atoms with Crippen LogP contribution >= 0.6 is 0 Å². The molecule has 3 rings (SSSR count). The zero-order valence-corrected chi connectivity index (χ0v) is 18.4. The second kappa shape index (κ2) is 9.94. The highest BCUT2D eigenvalue weighted by Gasteiger charge is 2.23. The number of nitrogens with zero attached hydrogens (tertiary/aromatic N) is 2. The first-order valence-electron chi connectivity index (χ1n) is 10.2. The molecule has 0 aliphatic carbocycles. The summed E-state index contributed by atoms with van der Waals surface area (Å²) in [5.74, 6) is 0.755. The van der Waals surface area contributed by atoms with Gasteiger partial charge in [0, 0.05) is 11.1 Å². The molecule has 3 aromatic carbocycles. The fourth-order valence-corrected chi connectivity index (χ4v) is 2.95. The van der Waals surface area contributed by atoms with Crippen LogP contribution in [0.15, 0.2) is 90.0 Å². The first-order valence-corrected chi connectivity index (χ1v) is 10.2. The number of carbonyl (C=O) groups is 1. The number of carbonyl (C=O) groups excluding carboxylic acids is 1. The van der Waals surface area contributed by atoms with Gasteiger partial charge >= 0.3 is 6.09 Å². The summed E-state index contributed by atoms with van der Waals surface area (Å²) in [4.78, 5) is 13.1. The van der Waals surface area contributed by atoms with Crippen LogP contribution in [0, 0.1) is 0 Å². The Hall–Kier alpha value is -3.60. The third kappa shape index (κ3) is 6.44. The Balaban J connectivity index is 2.03. The highest BCUT2D eigenvalue weighted by Crippen LogP contribution is 2.19. The lowest BCUT2D eigenvalue weighted by atomic mass is 10.0. The van der Waals surface area contributed by atoms with E-state index in [1.807, 2.05) is 106 Å². The molecule has 0 N–H and O–H groups in total. The van der Waals surface area contributed by atoms with E-state index in [2.05, 4.69) is 0 Å². The van der Waals surface area contributed by atoms with Crippen molar-refractivity contribution in [3.8, 4) is 5.75 Å². The Morgan fingerprint density at radius 3 is 1.81 bits per heavy atom. The molecular formula is C26H28N2O3. The smallest absolute Gasteiger partial charge is 0.431 e. The minimum Gasteiger partial charge on any atom is -0.497 e. The van der Waals surface area contributed by atoms with Crippen molar-refractivity contribution >= 4 is 11.8 Å². The van der Waals surface area contributed by atoms with Crippen LogP contribution < -0.4 is 4.74 Å². The molecule has 0 saturated heterocycles. The summed E-state index contributed by atoms with van der Waals surface area (Å²) >= 11 is 0. The van der Waals surface area contributed by atoms with E-state index in [1.165, 1.54) is 5.01 Å². The van der Waals surface area contributed by atoms with Crippen molar-refractivity contribution in [1.82, 2.24) is 5.01 Å². The summed E-state index contributed by atoms with van der Waals surface area (Å²) in [6.07, 6.45) is -0.507. The van der Waals surface area contributed by atoms with Gasteiger partial charge in [-0.1, -0.05) is 72.8 Å². The minimum atomic E-state index is -0.635. The van der Waals surface area contributed by atoms with Crippen molar-refractivity contribution < 1.29 is 14.3 Å². The van der Waals surface area contributed by atoms with Gasteiger partial charge in [-0.2, -0.15) is 10.1 Å². The van der Waals surface area contributed by atoms with Gasteiger partial charge in [0.2, 0.25) is 0 Å². The molecule has 160 valence electrons. The Labute approximate surface area is 183 Å². The topological polar surface area (TPSA) is 51.1 Å². The molecule has 0 heterocycles. The number of hydrogen-bond donors (Lipinski definition) is 0. The fourth-order valence-electron chi connectivity index (χ4n) is 2.95. The number of rotatable bonds is 6. The maximum atomic E-state index is 13.1. The van der Waals surface area contributed by atoms with Crippen molar-refractivity contribution in [3.63, 3.8) is 0 Å². The third-order valence-electron chi connectivity index (χ3n) is 4.41. The summed E-state index contributed by atoms with van der Waals surface area (Å²) in [6, 6.07) is 27.2. The highest BCUT2D eigenvalue weighted by atomic mass is 16.6. The Bertz CT molecular complexity index is 967. The normalized spacial score (nSPS) is 10.8. The summed E-state index contributed by atoms with van der Waals surface area (Å²) < 4.78 is 10.9. The zero-order chi connectivity index (χ0) is 22.3. The molecule has 0 saturated carbocycles. The number of methoxy groups -OCH3 is 1. The largest absolute Gasteiger partial charge is 0.497 e. The van der Waals surface area contributed by atoms with Gasteiger partial charge in [0.05, 0.1) is 19.4 Å². The molecule has 1 amide bonds. The molecule has 5 nitrogen and oxygen atoms in total. The summed E-state index contributed by atoms with van der Waals surface area (Å²) in [5, 5.41) is 6.16. The molecule has 0 unspecified atom stereocenters. The molecular weight excluding hydrogens is 388 g/mol. The minimum absolute atomic E-state index is 0.266. The van der Waals surface area contributed by atoms with E-state index in [1.54, 1.807) is 7.11 Å². The standard InChI is InChI=1S/C26H28N2O3/c1-26(2,3)31-25(29)28(19-20-15-17-23(30-4)18-16-20)27-24(21-11-7-5-8-12-21)22-13-9-6-10-14-22/h5-18H,19H2,1-4H3. The van der Waals surface area contributed by atoms with Gasteiger partial charge in [-0.15, -0.1) is 0 Å². The SMILES string of the molecule is COc1ccc(CN(N=C(c2ccccc2)c2ccccc2)C(=O)OC(C)(C)C)cc1. The molecule has 5 heteroatoms. The van der Waals surface area contributed by atoms with E-state index in [0.29, 0.717) is 5.71 Å². The van der Waals surface area contributed by atoms with Crippen molar-refractivity contribution in [2.75, 3.05) is 7.11 Å². The van der Waals surface area contributed by atoms with Gasteiger partial charge in [0.25, 0.3) is 0 Å². The van der Waals surface area contributed by atoms with Gasteiger partial charge in [-0.25, -0.2) is 4.79 Å². The summed E-state index contributed by atoms with van der Waals surface area (Å²) in [7, 11) is 1.62. The molecule has 3 aromatic rings. The summed E-state index contributed by atoms with van der Waals surface area (Å²) in [5.41, 5.74) is 2.80. The van der Waals surface area contributed by atoms with Gasteiger partial charge in [-0.3, -0.25) is 0 Å². The summed E-state index contributed by atoms with van der Waals surface area (Å²) in [6.45, 7) is 5.79. The third-order valence-corrected chi connectivity index (χ3v) is 4.41. The van der Waals surface area contributed by atoms with Crippen LogP contribution in [0.2, 0.25) is 0 Å². The average molecular weight is 417 g/mol. The Kier molecular flexibility index (Phi) is 7.08. The van der Waals surface area contributed by atoms with Crippen LogP contribution in [0.4, 0.5) is 4.79 Å². The van der Waals surface area contributed by atoms with E-state index in [-0.39, 0.29) is 6.54 Å². The van der Waals surface area contributed by atoms with Gasteiger partial charge < -0.3 is 9.47 Å². The lowest BCUT2D eigenvalue weighted by molar-refractivity contribution is 0.0239. The zero-order valence-electron chi connectivity index (χ0n) is 18.4. The van der Waals surface area contributed by atoms with Crippen LogP contribution in [0.1, 0.15) is 37.5 Å². The predicted molar refractivity (Wildman–Crippen MR) is 123 cm³/mol. The van der Waals surface area contributed by atoms with Crippen molar-refractivity contribution in [2.24, 2.45) is 5.10 Å². The van der Waals surface area contributed by atoms with Crippen LogP contribution in [0.5, 0.6) is 5.75 Å². The quantitative estimate of drug-likeness (QED) is 0.372. The Morgan fingerprint density at radius 2 is 1.35 bits per heavy atom. The Morgan fingerprint density at radius 1 is 0.839 bits per heavy atom. The van der Waals surface area contributed by atoms with E-state index in [0.717, 1.165) is 22.4 Å². The highest BCUT2D eigenvalue weighted by molar-refractivity contribution is 6.13. The molecule has 31 heavy (non-hydrogen) atoms. The number of hydrazone groups is 1. The molecule has 0 fully saturated rings. The average Bonchev–Trinajstić information content (AvgIpc) is 2.77. The van der Waals surface area contributed by atoms with E-state index >= 15 is 0 Å². The monoisotopic (exact) mass is 416 g/mol. The number of hydrogen-bond acceptors (Lipinski definition) is 4. The molecule has 0 radical (unpaired) electrons. The van der Waals surface area contributed by atoms with Gasteiger partial charge in [-0.05, 0) is 38.5 Å². The number of amides is 1. The fraction of sp³-hybridized carbons (Fsp3) is 0.231. The van der Waals surface area contributed by atoms with Crippen molar-refractivity contribution in [1.29, 1.82) is 0 Å². The van der Waals surface area contributed by atoms with E-state index in [4.69, 9.17) is 14.6 Å². The number of ether oxygens (including phenoxy) is 2. The molecule has 0 bridgehead atoms. The van der Waals surface area contributed by atoms with E-state index < -0.39 is 11.7 Å². The maximum absolute atomic E-state index is 13.1. The lowest BCUT2D eigenvalue weighted by Crippen LogP contribution is -2.34. The van der Waals surface area contributed by atoms with Crippen molar-refractivity contribution in [3.05, 3.63) is 102 Å². The van der Waals surface area contributed by atoms with Crippen LogP contribution in [0.25, 0.3) is 0 Å². The van der Waals surface area contributed by atoms with E-state index in [9.17, 15) is 4.79 Å². The molecule has 0 aliphatic rings. The second-order valence-electron chi connectivity index (χ2n) is 8.07. The maximum Gasteiger partial charge on any atom is 0.431 e. The van der Waals surface area contributed by atoms with Gasteiger partial charge in [0.1, 0.15) is 11.4 Å². The molecule has 0 spiro atoms. The second-order valence-corrected chi connectivity index (χ2v) is 8.07. The molecule has 0 aliphatic heterocycles. The first kappa shape index (κ1) is 22.1. The molecule has 0 atom stereocenters. The first-order chi connectivity index (χ1) is 14.9.